The molecule has 2 aromatic heterocycles. The fourth-order valence-electron chi connectivity index (χ4n) is 2.08. The number of pyridine rings is 1. The van der Waals surface area contributed by atoms with E-state index in [4.69, 9.17) is 0 Å². The minimum Gasteiger partial charge on any atom is -0.363 e. The highest BCUT2D eigenvalue weighted by molar-refractivity contribution is 6.00. The Balaban J connectivity index is 2.01. The van der Waals surface area contributed by atoms with E-state index in [-0.39, 0.29) is 5.91 Å². The Morgan fingerprint density at radius 2 is 2.25 bits per heavy atom. The first-order chi connectivity index (χ1) is 9.47. The molecule has 20 heavy (non-hydrogen) atoms. The molecule has 0 saturated heterocycles. The van der Waals surface area contributed by atoms with Crippen molar-refractivity contribution in [2.45, 2.75) is 12.6 Å². The van der Waals surface area contributed by atoms with Gasteiger partial charge in [-0.25, -0.2) is 14.4 Å². The van der Waals surface area contributed by atoms with E-state index in [1.165, 1.54) is 0 Å². The van der Waals surface area contributed by atoms with Crippen LogP contribution in [0.3, 0.4) is 0 Å². The summed E-state index contributed by atoms with van der Waals surface area (Å²) >= 11 is 0. The highest BCUT2D eigenvalue weighted by Gasteiger charge is 2.44. The van der Waals surface area contributed by atoms with Crippen LogP contribution >= 0.6 is 0 Å². The summed E-state index contributed by atoms with van der Waals surface area (Å²) < 4.78 is 14.8. The standard InChI is InChI=1S/C13H16FN5O/c1-18(2)10-5-9-11(15-6-19(9)3)12(16-10)17-13(20)7-4-8(7)14/h5-8H,4H2,1-3H3,(H,16,17,20)/t7-,8+/m0/s1. The van der Waals surface area contributed by atoms with Crippen molar-refractivity contribution in [3.8, 4) is 0 Å². The molecular formula is C13H16FN5O. The van der Waals surface area contributed by atoms with Crippen LogP contribution in [-0.2, 0) is 11.8 Å². The molecule has 0 aromatic carbocycles. The minimum atomic E-state index is -1.02. The first-order valence-electron chi connectivity index (χ1n) is 6.41. The Bertz CT molecular complexity index is 681. The van der Waals surface area contributed by atoms with Crippen molar-refractivity contribution in [2.75, 3.05) is 24.3 Å². The highest BCUT2D eigenvalue weighted by Crippen LogP contribution is 2.35. The number of amides is 1. The van der Waals surface area contributed by atoms with Gasteiger partial charge in [-0.3, -0.25) is 4.79 Å². The topological polar surface area (TPSA) is 63.1 Å². The van der Waals surface area contributed by atoms with E-state index < -0.39 is 12.1 Å². The zero-order valence-corrected chi connectivity index (χ0v) is 11.6. The van der Waals surface area contributed by atoms with E-state index in [2.05, 4.69) is 15.3 Å². The Morgan fingerprint density at radius 3 is 2.85 bits per heavy atom. The fourth-order valence-corrected chi connectivity index (χ4v) is 2.08. The van der Waals surface area contributed by atoms with E-state index in [1.807, 2.05) is 36.7 Å². The van der Waals surface area contributed by atoms with Crippen molar-refractivity contribution < 1.29 is 9.18 Å². The molecule has 0 unspecified atom stereocenters. The number of hydrogen-bond acceptors (Lipinski definition) is 4. The lowest BCUT2D eigenvalue weighted by molar-refractivity contribution is -0.117. The number of rotatable bonds is 3. The third-order valence-electron chi connectivity index (χ3n) is 3.45. The fraction of sp³-hybridized carbons (Fsp3) is 0.462. The van der Waals surface area contributed by atoms with Gasteiger partial charge in [0.1, 0.15) is 17.5 Å². The van der Waals surface area contributed by atoms with Crippen LogP contribution in [0.25, 0.3) is 11.0 Å². The number of halogens is 1. The molecule has 7 heteroatoms. The largest absolute Gasteiger partial charge is 0.363 e. The maximum Gasteiger partial charge on any atom is 0.231 e. The summed E-state index contributed by atoms with van der Waals surface area (Å²) in [5.74, 6) is 0.228. The maximum atomic E-state index is 12.9. The monoisotopic (exact) mass is 277 g/mol. The van der Waals surface area contributed by atoms with Crippen LogP contribution in [0.1, 0.15) is 6.42 Å². The van der Waals surface area contributed by atoms with Crippen LogP contribution in [0.4, 0.5) is 16.0 Å². The third kappa shape index (κ3) is 2.09. The first-order valence-corrected chi connectivity index (χ1v) is 6.41. The Hall–Kier alpha value is -2.18. The molecule has 0 radical (unpaired) electrons. The van der Waals surface area contributed by atoms with E-state index in [1.54, 1.807) is 6.33 Å². The van der Waals surface area contributed by atoms with Crippen LogP contribution in [0.2, 0.25) is 0 Å². The molecule has 0 bridgehead atoms. The van der Waals surface area contributed by atoms with Gasteiger partial charge in [0, 0.05) is 27.2 Å². The van der Waals surface area contributed by atoms with E-state index in [0.717, 1.165) is 5.52 Å². The molecule has 3 rings (SSSR count). The van der Waals surface area contributed by atoms with E-state index >= 15 is 0 Å². The number of nitrogens with zero attached hydrogens (tertiary/aromatic N) is 4. The van der Waals surface area contributed by atoms with Gasteiger partial charge in [0.25, 0.3) is 0 Å². The molecule has 6 nitrogen and oxygen atoms in total. The molecule has 1 aliphatic rings. The predicted octanol–water partition coefficient (Wildman–Crippen LogP) is 1.33. The molecule has 1 N–H and O–H groups in total. The van der Waals surface area contributed by atoms with Gasteiger partial charge >= 0.3 is 0 Å². The Morgan fingerprint density at radius 1 is 1.55 bits per heavy atom. The third-order valence-corrected chi connectivity index (χ3v) is 3.45. The van der Waals surface area contributed by atoms with Crippen molar-refractivity contribution in [2.24, 2.45) is 13.0 Å². The molecule has 2 atom stereocenters. The molecule has 1 aliphatic carbocycles. The molecule has 2 aromatic rings. The second-order valence-electron chi connectivity index (χ2n) is 5.29. The van der Waals surface area contributed by atoms with Crippen molar-refractivity contribution >= 4 is 28.6 Å². The maximum absolute atomic E-state index is 12.9. The summed E-state index contributed by atoms with van der Waals surface area (Å²) in [6, 6.07) is 1.90. The van der Waals surface area contributed by atoms with Crippen molar-refractivity contribution in [1.82, 2.24) is 14.5 Å². The summed E-state index contributed by atoms with van der Waals surface area (Å²) in [5.41, 5.74) is 1.48. The van der Waals surface area contributed by atoms with Gasteiger partial charge in [-0.2, -0.15) is 0 Å². The molecule has 1 fully saturated rings. The van der Waals surface area contributed by atoms with Crippen LogP contribution in [0.5, 0.6) is 0 Å². The molecule has 2 heterocycles. The van der Waals surface area contributed by atoms with Gasteiger partial charge in [-0.05, 0) is 6.42 Å². The molecule has 0 aliphatic heterocycles. The van der Waals surface area contributed by atoms with Crippen LogP contribution in [0, 0.1) is 5.92 Å². The van der Waals surface area contributed by atoms with E-state index in [9.17, 15) is 9.18 Å². The number of anilines is 2. The van der Waals surface area contributed by atoms with Gasteiger partial charge < -0.3 is 14.8 Å². The second-order valence-corrected chi connectivity index (χ2v) is 5.29. The number of aromatic nitrogens is 3. The summed E-state index contributed by atoms with van der Waals surface area (Å²) in [7, 11) is 5.61. The number of nitrogens with one attached hydrogen (secondary N) is 1. The average Bonchev–Trinajstić information content (AvgIpc) is 3.01. The quantitative estimate of drug-likeness (QED) is 0.919. The SMILES string of the molecule is CN(C)c1cc2c(ncn2C)c(NC(=O)[C@H]2C[C@H]2F)n1. The van der Waals surface area contributed by atoms with Gasteiger partial charge in [0.15, 0.2) is 5.82 Å². The first kappa shape index (κ1) is 12.8. The Labute approximate surface area is 115 Å². The van der Waals surface area contributed by atoms with Crippen molar-refractivity contribution in [3.05, 3.63) is 12.4 Å². The van der Waals surface area contributed by atoms with Crippen LogP contribution in [0.15, 0.2) is 12.4 Å². The van der Waals surface area contributed by atoms with Crippen molar-refractivity contribution in [1.29, 1.82) is 0 Å². The summed E-state index contributed by atoms with van der Waals surface area (Å²) in [6.07, 6.45) is 0.937. The van der Waals surface area contributed by atoms with E-state index in [0.29, 0.717) is 23.6 Å². The summed E-state index contributed by atoms with van der Waals surface area (Å²) in [5, 5.41) is 2.69. The van der Waals surface area contributed by atoms with Crippen LogP contribution < -0.4 is 10.2 Å². The number of fused-ring (bicyclic) bond motifs is 1. The van der Waals surface area contributed by atoms with Gasteiger partial charge in [0.05, 0.1) is 17.8 Å². The molecule has 1 amide bonds. The predicted molar refractivity (Wildman–Crippen MR) is 74.5 cm³/mol. The second kappa shape index (κ2) is 4.43. The summed E-state index contributed by atoms with van der Waals surface area (Å²) in [4.78, 5) is 22.4. The van der Waals surface area contributed by atoms with Gasteiger partial charge in [0.2, 0.25) is 5.91 Å². The Kier molecular flexibility index (Phi) is 2.84. The number of imidazole rings is 1. The number of alkyl halides is 1. The average molecular weight is 277 g/mol. The zero-order chi connectivity index (χ0) is 14.4. The number of carbonyl (C=O) groups excluding carboxylic acids is 1. The number of hydrogen-bond donors (Lipinski definition) is 1. The smallest absolute Gasteiger partial charge is 0.231 e. The number of aryl methyl sites for hydroxylation is 1. The normalized spacial score (nSPS) is 21.0. The van der Waals surface area contributed by atoms with Gasteiger partial charge in [-0.1, -0.05) is 0 Å². The molecule has 1 saturated carbocycles. The molecular weight excluding hydrogens is 261 g/mol. The summed E-state index contributed by atoms with van der Waals surface area (Å²) in [6.45, 7) is 0. The number of carbonyl (C=O) groups is 1. The zero-order valence-electron chi connectivity index (χ0n) is 11.6. The van der Waals surface area contributed by atoms with Crippen LogP contribution in [-0.4, -0.2) is 40.7 Å². The van der Waals surface area contributed by atoms with Gasteiger partial charge in [-0.15, -0.1) is 0 Å². The minimum absolute atomic E-state index is 0.296. The lowest BCUT2D eigenvalue weighted by Crippen LogP contribution is -2.18. The molecule has 0 spiro atoms. The lowest BCUT2D eigenvalue weighted by Gasteiger charge is -2.14. The lowest BCUT2D eigenvalue weighted by atomic mass is 10.3. The molecule has 106 valence electrons. The highest BCUT2D eigenvalue weighted by atomic mass is 19.1. The van der Waals surface area contributed by atoms with Crippen molar-refractivity contribution in [3.63, 3.8) is 0 Å².